The Kier molecular flexibility index (Phi) is 4.32. The molecular weight excluding hydrogens is 334 g/mol. The van der Waals surface area contributed by atoms with Crippen molar-refractivity contribution in [2.75, 3.05) is 19.6 Å². The van der Waals surface area contributed by atoms with Crippen molar-refractivity contribution in [3.63, 3.8) is 0 Å². The number of rotatable bonds is 2. The minimum Gasteiger partial charge on any atom is -0.508 e. The number of benzene rings is 1. The second-order valence-corrected chi connectivity index (χ2v) is 10.2. The molecule has 27 heavy (non-hydrogen) atoms. The summed E-state index contributed by atoms with van der Waals surface area (Å²) in [5.41, 5.74) is 2.41. The van der Waals surface area contributed by atoms with Crippen molar-refractivity contribution in [3.05, 3.63) is 29.3 Å². The van der Waals surface area contributed by atoms with Gasteiger partial charge < -0.3 is 15.1 Å². The molecule has 5 atom stereocenters. The van der Waals surface area contributed by atoms with Gasteiger partial charge in [-0.05, 0) is 105 Å². The van der Waals surface area contributed by atoms with Gasteiger partial charge in [-0.2, -0.15) is 0 Å². The molecule has 0 aromatic heterocycles. The molecule has 1 aromatic rings. The van der Waals surface area contributed by atoms with Crippen LogP contribution < -0.4 is 0 Å². The van der Waals surface area contributed by atoms with Crippen LogP contribution in [0.1, 0.15) is 75.3 Å². The number of fused-ring (bicyclic) bond motifs is 5. The summed E-state index contributed by atoms with van der Waals surface area (Å²) in [6.45, 7) is 5.65. The first-order valence-corrected chi connectivity index (χ1v) is 11.3. The number of phenolic OH excluding ortho intramolecular Hbond substituents is 1. The van der Waals surface area contributed by atoms with E-state index in [1.54, 1.807) is 0 Å². The molecule has 3 fully saturated rings. The molecule has 1 saturated heterocycles. The molecule has 1 aliphatic heterocycles. The Morgan fingerprint density at radius 1 is 1.07 bits per heavy atom. The predicted octanol–water partition coefficient (Wildman–Crippen LogP) is 4.47. The van der Waals surface area contributed by atoms with Crippen molar-refractivity contribution in [1.29, 1.82) is 0 Å². The molecule has 0 radical (unpaired) electrons. The van der Waals surface area contributed by atoms with Gasteiger partial charge in [-0.1, -0.05) is 19.4 Å². The van der Waals surface area contributed by atoms with Gasteiger partial charge in [0.25, 0.3) is 0 Å². The second-order valence-electron chi connectivity index (χ2n) is 10.2. The number of aromatic hydroxyl groups is 1. The summed E-state index contributed by atoms with van der Waals surface area (Å²) in [7, 11) is 0. The third kappa shape index (κ3) is 2.76. The van der Waals surface area contributed by atoms with Crippen molar-refractivity contribution in [3.8, 4) is 5.75 Å². The summed E-state index contributed by atoms with van der Waals surface area (Å²) in [6.07, 6.45) is 10.8. The Morgan fingerprint density at radius 3 is 2.70 bits per heavy atom. The zero-order valence-electron chi connectivity index (χ0n) is 16.8. The molecule has 0 amide bonds. The molecule has 1 aromatic carbocycles. The van der Waals surface area contributed by atoms with Crippen LogP contribution in [0.15, 0.2) is 18.2 Å². The van der Waals surface area contributed by atoms with Crippen LogP contribution in [0.5, 0.6) is 5.75 Å². The van der Waals surface area contributed by atoms with Gasteiger partial charge in [0.15, 0.2) is 0 Å². The maximum atomic E-state index is 11.8. The highest BCUT2D eigenvalue weighted by Gasteiger charge is 2.61. The van der Waals surface area contributed by atoms with E-state index in [0.29, 0.717) is 23.5 Å². The van der Waals surface area contributed by atoms with Crippen molar-refractivity contribution in [1.82, 2.24) is 4.90 Å². The van der Waals surface area contributed by atoms with E-state index in [4.69, 9.17) is 0 Å². The molecule has 0 spiro atoms. The molecule has 1 heterocycles. The zero-order valence-corrected chi connectivity index (χ0v) is 16.8. The van der Waals surface area contributed by atoms with Gasteiger partial charge in [-0.25, -0.2) is 0 Å². The fourth-order valence-corrected chi connectivity index (χ4v) is 7.43. The van der Waals surface area contributed by atoms with Crippen LogP contribution in [0.3, 0.4) is 0 Å². The molecular formula is C24H35NO2. The van der Waals surface area contributed by atoms with Crippen molar-refractivity contribution in [2.24, 2.45) is 17.3 Å². The lowest BCUT2D eigenvalue weighted by atomic mass is 9.53. The number of likely N-dealkylation sites (tertiary alicyclic amines) is 1. The topological polar surface area (TPSA) is 43.7 Å². The summed E-state index contributed by atoms with van der Waals surface area (Å²) < 4.78 is 0. The van der Waals surface area contributed by atoms with Gasteiger partial charge in [0.2, 0.25) is 0 Å². The Morgan fingerprint density at radius 2 is 1.89 bits per heavy atom. The molecule has 2 N–H and O–H groups in total. The average Bonchev–Trinajstić information content (AvgIpc) is 2.93. The number of hydrogen-bond acceptors (Lipinski definition) is 3. The van der Waals surface area contributed by atoms with E-state index < -0.39 is 5.60 Å². The minimum atomic E-state index is -0.505. The van der Waals surface area contributed by atoms with Crippen LogP contribution >= 0.6 is 0 Å². The zero-order chi connectivity index (χ0) is 18.6. The maximum Gasteiger partial charge on any atom is 0.115 e. The first-order valence-electron chi connectivity index (χ1n) is 11.3. The monoisotopic (exact) mass is 369 g/mol. The predicted molar refractivity (Wildman–Crippen MR) is 108 cm³/mol. The van der Waals surface area contributed by atoms with E-state index in [1.807, 2.05) is 12.1 Å². The van der Waals surface area contributed by atoms with E-state index in [9.17, 15) is 10.2 Å². The van der Waals surface area contributed by atoms with E-state index >= 15 is 0 Å². The van der Waals surface area contributed by atoms with Gasteiger partial charge in [0.05, 0.1) is 5.60 Å². The molecule has 0 bridgehead atoms. The van der Waals surface area contributed by atoms with E-state index in [-0.39, 0.29) is 5.41 Å². The molecule has 5 unspecified atom stereocenters. The van der Waals surface area contributed by atoms with E-state index in [0.717, 1.165) is 25.8 Å². The highest BCUT2D eigenvalue weighted by molar-refractivity contribution is 5.40. The molecule has 3 aliphatic carbocycles. The summed E-state index contributed by atoms with van der Waals surface area (Å²) >= 11 is 0. The van der Waals surface area contributed by atoms with Crippen LogP contribution in [0.2, 0.25) is 0 Å². The van der Waals surface area contributed by atoms with Gasteiger partial charge in [0, 0.05) is 12.0 Å². The molecule has 148 valence electrons. The van der Waals surface area contributed by atoms with Crippen molar-refractivity contribution < 1.29 is 10.2 Å². The second kappa shape index (κ2) is 6.49. The fourth-order valence-electron chi connectivity index (χ4n) is 7.43. The van der Waals surface area contributed by atoms with Crippen LogP contribution in [-0.2, 0) is 6.42 Å². The number of β-amino-alcohol motifs (C(OH)–C–C–N with tert-alkyl or cyclic N) is 1. The summed E-state index contributed by atoms with van der Waals surface area (Å²) in [5, 5.41) is 21.7. The van der Waals surface area contributed by atoms with Crippen LogP contribution in [0.4, 0.5) is 0 Å². The van der Waals surface area contributed by atoms with Crippen LogP contribution in [0.25, 0.3) is 0 Å². The largest absolute Gasteiger partial charge is 0.508 e. The van der Waals surface area contributed by atoms with Crippen LogP contribution in [-0.4, -0.2) is 40.3 Å². The maximum absolute atomic E-state index is 11.8. The number of nitrogens with zero attached hydrogens (tertiary/aromatic N) is 1. The first kappa shape index (κ1) is 18.0. The van der Waals surface area contributed by atoms with Crippen LogP contribution in [0, 0.1) is 17.3 Å². The lowest BCUT2D eigenvalue weighted by Crippen LogP contribution is -2.56. The van der Waals surface area contributed by atoms with E-state index in [2.05, 4.69) is 17.9 Å². The number of hydrogen-bond donors (Lipinski definition) is 2. The molecule has 2 saturated carbocycles. The lowest BCUT2D eigenvalue weighted by Gasteiger charge is -2.54. The smallest absolute Gasteiger partial charge is 0.115 e. The first-order chi connectivity index (χ1) is 13.0. The summed E-state index contributed by atoms with van der Waals surface area (Å²) in [5.74, 6) is 2.39. The fraction of sp³-hybridized carbons (Fsp3) is 0.750. The highest BCUT2D eigenvalue weighted by Crippen LogP contribution is 2.64. The molecule has 3 nitrogen and oxygen atoms in total. The Balaban J connectivity index is 1.40. The summed E-state index contributed by atoms with van der Waals surface area (Å²) in [6, 6.07) is 6.04. The summed E-state index contributed by atoms with van der Waals surface area (Å²) in [4.78, 5) is 2.54. The molecule has 5 rings (SSSR count). The Labute approximate surface area is 163 Å². The molecule has 3 heteroatoms. The minimum absolute atomic E-state index is 0.0695. The Bertz CT molecular complexity index is 712. The lowest BCUT2D eigenvalue weighted by molar-refractivity contribution is -0.118. The third-order valence-electron chi connectivity index (χ3n) is 8.97. The van der Waals surface area contributed by atoms with Gasteiger partial charge in [0.1, 0.15) is 5.75 Å². The Hall–Kier alpha value is -1.06. The standard InChI is InChI=1S/C24H35NO2/c1-23-11-9-20-19-8-6-18(26)15-17(19)5-7-21(20)22(23)10-12-24(23,27)16-25-13-3-2-4-14-25/h6,8,15,20-22,26-27H,2-5,7,9-14,16H2,1H3. The van der Waals surface area contributed by atoms with Gasteiger partial charge >= 0.3 is 0 Å². The van der Waals surface area contributed by atoms with Gasteiger partial charge in [-0.3, -0.25) is 0 Å². The third-order valence-corrected chi connectivity index (χ3v) is 8.97. The number of piperidine rings is 1. The number of phenols is 1. The highest BCUT2D eigenvalue weighted by atomic mass is 16.3. The SMILES string of the molecule is CC12CCC3c4ccc(O)cc4CCC3C1CCC2(O)CN1CCCCC1. The molecule has 4 aliphatic rings. The normalized spacial score (nSPS) is 41.6. The van der Waals surface area contributed by atoms with Gasteiger partial charge in [-0.15, -0.1) is 0 Å². The van der Waals surface area contributed by atoms with Crippen molar-refractivity contribution in [2.45, 2.75) is 76.2 Å². The number of aliphatic hydroxyl groups is 1. The quantitative estimate of drug-likeness (QED) is 0.809. The van der Waals surface area contributed by atoms with Crippen molar-refractivity contribution >= 4 is 0 Å². The number of aryl methyl sites for hydroxylation is 1. The average molecular weight is 370 g/mol. The van der Waals surface area contributed by atoms with E-state index in [1.165, 1.54) is 62.7 Å².